The van der Waals surface area contributed by atoms with Crippen LogP contribution in [-0.4, -0.2) is 7.11 Å². The molecule has 0 fully saturated rings. The number of benzene rings is 2. The van der Waals surface area contributed by atoms with Crippen LogP contribution in [0.1, 0.15) is 11.1 Å². The van der Waals surface area contributed by atoms with Crippen LogP contribution >= 0.6 is 15.9 Å². The number of rotatable bonds is 5. The van der Waals surface area contributed by atoms with Crippen LogP contribution in [0.2, 0.25) is 0 Å². The Morgan fingerprint density at radius 1 is 0.944 bits per heavy atom. The van der Waals surface area contributed by atoms with Gasteiger partial charge in [0.1, 0.15) is 12.4 Å². The van der Waals surface area contributed by atoms with Crippen LogP contribution in [-0.2, 0) is 18.0 Å². The summed E-state index contributed by atoms with van der Waals surface area (Å²) in [5, 5.41) is 0. The molecule has 0 aliphatic heterocycles. The minimum atomic E-state index is 0.573. The van der Waals surface area contributed by atoms with Gasteiger partial charge in [0.2, 0.25) is 0 Å². The van der Waals surface area contributed by atoms with Crippen LogP contribution in [0, 0.1) is 0 Å². The molecule has 2 rings (SSSR count). The number of hydrogen-bond acceptors (Lipinski definition) is 2. The molecular formula is C15H15BrO2. The molecule has 0 aliphatic rings. The average molecular weight is 307 g/mol. The molecule has 0 bridgehead atoms. The van der Waals surface area contributed by atoms with Gasteiger partial charge in [-0.15, -0.1) is 0 Å². The second-order valence-electron chi connectivity index (χ2n) is 4.00. The molecule has 0 N–H and O–H groups in total. The molecule has 2 nitrogen and oxygen atoms in total. The van der Waals surface area contributed by atoms with E-state index in [-0.39, 0.29) is 0 Å². The fraction of sp³-hybridized carbons (Fsp3) is 0.200. The van der Waals surface area contributed by atoms with Gasteiger partial charge in [0, 0.05) is 11.6 Å². The zero-order valence-corrected chi connectivity index (χ0v) is 11.8. The summed E-state index contributed by atoms with van der Waals surface area (Å²) in [5.74, 6) is 0.868. The Balaban J connectivity index is 1.97. The van der Waals surface area contributed by atoms with Gasteiger partial charge in [0.05, 0.1) is 6.61 Å². The van der Waals surface area contributed by atoms with Gasteiger partial charge in [0.25, 0.3) is 0 Å². The van der Waals surface area contributed by atoms with E-state index in [0.29, 0.717) is 13.2 Å². The maximum atomic E-state index is 5.75. The summed E-state index contributed by atoms with van der Waals surface area (Å²) in [6.07, 6.45) is 0. The van der Waals surface area contributed by atoms with Crippen molar-refractivity contribution in [1.82, 2.24) is 0 Å². The van der Waals surface area contributed by atoms with Crippen molar-refractivity contribution in [2.45, 2.75) is 13.2 Å². The van der Waals surface area contributed by atoms with Crippen LogP contribution in [0.25, 0.3) is 0 Å². The fourth-order valence-electron chi connectivity index (χ4n) is 1.64. The van der Waals surface area contributed by atoms with Gasteiger partial charge < -0.3 is 9.47 Å². The van der Waals surface area contributed by atoms with Gasteiger partial charge in [-0.05, 0) is 35.4 Å². The van der Waals surface area contributed by atoms with Crippen molar-refractivity contribution >= 4 is 15.9 Å². The van der Waals surface area contributed by atoms with E-state index in [1.165, 1.54) is 0 Å². The van der Waals surface area contributed by atoms with Gasteiger partial charge >= 0.3 is 0 Å². The van der Waals surface area contributed by atoms with E-state index in [1.807, 2.05) is 48.5 Å². The van der Waals surface area contributed by atoms with Crippen molar-refractivity contribution in [2.24, 2.45) is 0 Å². The average Bonchev–Trinajstić information content (AvgIpc) is 2.39. The van der Waals surface area contributed by atoms with E-state index in [0.717, 1.165) is 21.3 Å². The van der Waals surface area contributed by atoms with Gasteiger partial charge in [-0.25, -0.2) is 0 Å². The Morgan fingerprint density at radius 2 is 1.72 bits per heavy atom. The highest BCUT2D eigenvalue weighted by molar-refractivity contribution is 9.10. The lowest BCUT2D eigenvalue weighted by atomic mass is 10.2. The molecule has 94 valence electrons. The Labute approximate surface area is 116 Å². The molecule has 0 unspecified atom stereocenters. The largest absolute Gasteiger partial charge is 0.489 e. The molecule has 0 saturated heterocycles. The predicted octanol–water partition coefficient (Wildman–Crippen LogP) is 4.17. The third kappa shape index (κ3) is 3.86. The van der Waals surface area contributed by atoms with Crippen LogP contribution < -0.4 is 4.74 Å². The van der Waals surface area contributed by atoms with E-state index >= 15 is 0 Å². The molecule has 3 heteroatoms. The second kappa shape index (κ2) is 6.57. The molecule has 0 amide bonds. The molecule has 0 aliphatic carbocycles. The van der Waals surface area contributed by atoms with Gasteiger partial charge in [-0.3, -0.25) is 0 Å². The van der Waals surface area contributed by atoms with E-state index in [1.54, 1.807) is 7.11 Å². The molecule has 0 saturated carbocycles. The number of ether oxygens (including phenoxy) is 2. The summed E-state index contributed by atoms with van der Waals surface area (Å²) in [4.78, 5) is 0. The zero-order chi connectivity index (χ0) is 12.8. The molecule has 0 spiro atoms. The number of hydrogen-bond donors (Lipinski definition) is 0. The summed E-state index contributed by atoms with van der Waals surface area (Å²) in [6, 6.07) is 16.1. The Bertz CT molecular complexity index is 494. The van der Waals surface area contributed by atoms with Crippen LogP contribution in [0.4, 0.5) is 0 Å². The number of methoxy groups -OCH3 is 1. The maximum absolute atomic E-state index is 5.75. The van der Waals surface area contributed by atoms with Crippen molar-refractivity contribution in [3.8, 4) is 5.75 Å². The lowest BCUT2D eigenvalue weighted by Crippen LogP contribution is -1.96. The normalized spacial score (nSPS) is 10.3. The van der Waals surface area contributed by atoms with Gasteiger partial charge in [-0.2, -0.15) is 0 Å². The van der Waals surface area contributed by atoms with Crippen LogP contribution in [0.15, 0.2) is 53.0 Å². The van der Waals surface area contributed by atoms with Crippen LogP contribution in [0.5, 0.6) is 5.75 Å². The first-order chi connectivity index (χ1) is 8.78. The minimum Gasteiger partial charge on any atom is -0.489 e. The highest BCUT2D eigenvalue weighted by Gasteiger charge is 1.98. The molecule has 2 aromatic rings. The first-order valence-corrected chi connectivity index (χ1v) is 6.52. The van der Waals surface area contributed by atoms with Crippen LogP contribution in [0.3, 0.4) is 0 Å². The molecular weight excluding hydrogens is 292 g/mol. The Hall–Kier alpha value is -1.32. The topological polar surface area (TPSA) is 18.5 Å². The smallest absolute Gasteiger partial charge is 0.120 e. The predicted molar refractivity (Wildman–Crippen MR) is 75.6 cm³/mol. The lowest BCUT2D eigenvalue weighted by molar-refractivity contribution is 0.184. The SMILES string of the molecule is COCc1cccc(OCc2ccc(Br)cc2)c1. The van der Waals surface area contributed by atoms with Gasteiger partial charge in [-0.1, -0.05) is 40.2 Å². The summed E-state index contributed by atoms with van der Waals surface area (Å²) < 4.78 is 11.9. The number of halogens is 1. The van der Waals surface area contributed by atoms with E-state index in [9.17, 15) is 0 Å². The Kier molecular flexibility index (Phi) is 4.79. The Morgan fingerprint density at radius 3 is 2.44 bits per heavy atom. The standard InChI is InChI=1S/C15H15BrO2/c1-17-10-13-3-2-4-15(9-13)18-11-12-5-7-14(16)8-6-12/h2-9H,10-11H2,1H3. The fourth-order valence-corrected chi connectivity index (χ4v) is 1.90. The molecule has 2 aromatic carbocycles. The van der Waals surface area contributed by atoms with Crippen molar-refractivity contribution in [3.05, 3.63) is 64.1 Å². The zero-order valence-electron chi connectivity index (χ0n) is 10.2. The molecule has 0 atom stereocenters. The molecule has 18 heavy (non-hydrogen) atoms. The van der Waals surface area contributed by atoms with Gasteiger partial charge in [0.15, 0.2) is 0 Å². The molecule has 0 aromatic heterocycles. The van der Waals surface area contributed by atoms with E-state index < -0.39 is 0 Å². The third-order valence-electron chi connectivity index (χ3n) is 2.53. The van der Waals surface area contributed by atoms with E-state index in [4.69, 9.17) is 9.47 Å². The molecule has 0 radical (unpaired) electrons. The lowest BCUT2D eigenvalue weighted by Gasteiger charge is -2.08. The first-order valence-electron chi connectivity index (χ1n) is 5.73. The summed E-state index contributed by atoms with van der Waals surface area (Å²) in [5.41, 5.74) is 2.26. The maximum Gasteiger partial charge on any atom is 0.120 e. The molecule has 0 heterocycles. The quantitative estimate of drug-likeness (QED) is 0.825. The highest BCUT2D eigenvalue weighted by Crippen LogP contribution is 2.17. The van der Waals surface area contributed by atoms with Crippen molar-refractivity contribution in [1.29, 1.82) is 0 Å². The van der Waals surface area contributed by atoms with E-state index in [2.05, 4.69) is 15.9 Å². The summed E-state index contributed by atoms with van der Waals surface area (Å²) >= 11 is 3.41. The summed E-state index contributed by atoms with van der Waals surface area (Å²) in [6.45, 7) is 1.18. The second-order valence-corrected chi connectivity index (χ2v) is 4.91. The van der Waals surface area contributed by atoms with Crippen molar-refractivity contribution in [3.63, 3.8) is 0 Å². The third-order valence-corrected chi connectivity index (χ3v) is 3.06. The monoisotopic (exact) mass is 306 g/mol. The minimum absolute atomic E-state index is 0.573. The summed E-state index contributed by atoms with van der Waals surface area (Å²) in [7, 11) is 1.69. The van der Waals surface area contributed by atoms with Crippen molar-refractivity contribution in [2.75, 3.05) is 7.11 Å². The highest BCUT2D eigenvalue weighted by atomic mass is 79.9. The first kappa shape index (κ1) is 13.1. The van der Waals surface area contributed by atoms with Crippen molar-refractivity contribution < 1.29 is 9.47 Å².